The van der Waals surface area contributed by atoms with Crippen molar-refractivity contribution in [2.45, 2.75) is 44.8 Å². The van der Waals surface area contributed by atoms with Gasteiger partial charge in [0.15, 0.2) is 5.82 Å². The second-order valence-corrected chi connectivity index (χ2v) is 7.00. The zero-order valence-corrected chi connectivity index (χ0v) is 14.7. The summed E-state index contributed by atoms with van der Waals surface area (Å²) in [5, 5.41) is 10.7. The fourth-order valence-electron chi connectivity index (χ4n) is 2.14. The van der Waals surface area contributed by atoms with Crippen LogP contribution in [0.15, 0.2) is 35.5 Å². The van der Waals surface area contributed by atoms with E-state index >= 15 is 0 Å². The summed E-state index contributed by atoms with van der Waals surface area (Å²) in [4.78, 5) is 16.4. The highest BCUT2D eigenvalue weighted by atomic mass is 32.2. The summed E-state index contributed by atoms with van der Waals surface area (Å²) in [6.07, 6.45) is 2.13. The van der Waals surface area contributed by atoms with Crippen LogP contribution in [0.4, 0.5) is 0 Å². The lowest BCUT2D eigenvalue weighted by atomic mass is 10.0. The van der Waals surface area contributed by atoms with E-state index in [0.29, 0.717) is 16.8 Å². The number of nitrogens with one attached hydrogen (secondary N) is 2. The third kappa shape index (κ3) is 6.06. The van der Waals surface area contributed by atoms with Crippen LogP contribution in [0.5, 0.6) is 0 Å². The van der Waals surface area contributed by atoms with Gasteiger partial charge in [-0.15, -0.1) is 5.10 Å². The number of thioether (sulfide) groups is 1. The second kappa shape index (κ2) is 8.72. The van der Waals surface area contributed by atoms with Crippen LogP contribution in [-0.4, -0.2) is 32.9 Å². The number of rotatable bonds is 8. The first-order valence-corrected chi connectivity index (χ1v) is 8.93. The fraction of sp³-hybridized carbons (Fsp3) is 0.471. The smallest absolute Gasteiger partial charge is 0.230 e. The van der Waals surface area contributed by atoms with Gasteiger partial charge in [-0.3, -0.25) is 9.89 Å². The van der Waals surface area contributed by atoms with Gasteiger partial charge in [0.1, 0.15) is 0 Å². The lowest BCUT2D eigenvalue weighted by Gasteiger charge is -2.14. The van der Waals surface area contributed by atoms with E-state index in [1.165, 1.54) is 11.8 Å². The van der Waals surface area contributed by atoms with Crippen LogP contribution in [0.3, 0.4) is 0 Å². The van der Waals surface area contributed by atoms with Crippen LogP contribution in [0, 0.1) is 5.92 Å². The molecule has 0 spiro atoms. The van der Waals surface area contributed by atoms with Gasteiger partial charge in [-0.2, -0.15) is 0 Å². The molecule has 2 rings (SSSR count). The normalized spacial score (nSPS) is 12.3. The molecule has 0 radical (unpaired) electrons. The Morgan fingerprint density at radius 1 is 1.22 bits per heavy atom. The molecule has 0 unspecified atom stereocenters. The fourth-order valence-corrected chi connectivity index (χ4v) is 2.75. The van der Waals surface area contributed by atoms with Gasteiger partial charge < -0.3 is 5.32 Å². The molecule has 23 heavy (non-hydrogen) atoms. The quantitative estimate of drug-likeness (QED) is 0.726. The first-order valence-electron chi connectivity index (χ1n) is 7.94. The zero-order valence-electron chi connectivity index (χ0n) is 13.9. The van der Waals surface area contributed by atoms with Crippen molar-refractivity contribution in [2.24, 2.45) is 5.92 Å². The molecule has 0 aliphatic heterocycles. The number of nitrogens with zero attached hydrogens (tertiary/aromatic N) is 2. The van der Waals surface area contributed by atoms with Crippen LogP contribution in [-0.2, 0) is 4.79 Å². The van der Waals surface area contributed by atoms with Crippen molar-refractivity contribution in [3.63, 3.8) is 0 Å². The van der Waals surface area contributed by atoms with Gasteiger partial charge in [-0.25, -0.2) is 4.98 Å². The van der Waals surface area contributed by atoms with Crippen molar-refractivity contribution in [2.75, 3.05) is 5.75 Å². The number of hydrogen-bond donors (Lipinski definition) is 2. The largest absolute Gasteiger partial charge is 0.353 e. The molecule has 0 aliphatic carbocycles. The first kappa shape index (κ1) is 17.5. The van der Waals surface area contributed by atoms with Crippen molar-refractivity contribution < 1.29 is 4.79 Å². The first-order chi connectivity index (χ1) is 11.0. The molecule has 1 aromatic carbocycles. The highest BCUT2D eigenvalue weighted by Gasteiger charge is 2.11. The van der Waals surface area contributed by atoms with Crippen molar-refractivity contribution in [3.05, 3.63) is 30.3 Å². The maximum absolute atomic E-state index is 12.0. The Kier molecular flexibility index (Phi) is 6.65. The average Bonchev–Trinajstić information content (AvgIpc) is 3.01. The Balaban J connectivity index is 1.78. The molecule has 1 amide bonds. The van der Waals surface area contributed by atoms with E-state index in [1.54, 1.807) is 0 Å². The molecule has 0 aliphatic rings. The van der Waals surface area contributed by atoms with Gasteiger partial charge in [-0.1, -0.05) is 55.9 Å². The number of aromatic nitrogens is 3. The van der Waals surface area contributed by atoms with Gasteiger partial charge in [0.2, 0.25) is 11.1 Å². The number of amides is 1. The lowest BCUT2D eigenvalue weighted by molar-refractivity contribution is -0.119. The van der Waals surface area contributed by atoms with Crippen molar-refractivity contribution in [3.8, 4) is 11.4 Å². The highest BCUT2D eigenvalue weighted by Crippen LogP contribution is 2.18. The SMILES string of the molecule is CC(C)CC[C@@H](C)NC(=O)CSc1n[nH]c(-c2ccccc2)n1. The lowest BCUT2D eigenvalue weighted by Crippen LogP contribution is -2.34. The molecule has 2 N–H and O–H groups in total. The van der Waals surface area contributed by atoms with Crippen LogP contribution in [0.1, 0.15) is 33.6 Å². The van der Waals surface area contributed by atoms with E-state index in [4.69, 9.17) is 0 Å². The van der Waals surface area contributed by atoms with Crippen LogP contribution in [0.25, 0.3) is 11.4 Å². The van der Waals surface area contributed by atoms with Gasteiger partial charge in [0.25, 0.3) is 0 Å². The minimum absolute atomic E-state index is 0.0253. The maximum Gasteiger partial charge on any atom is 0.230 e. The second-order valence-electron chi connectivity index (χ2n) is 6.06. The van der Waals surface area contributed by atoms with Gasteiger partial charge >= 0.3 is 0 Å². The van der Waals surface area contributed by atoms with Gasteiger partial charge in [0.05, 0.1) is 5.75 Å². The van der Waals surface area contributed by atoms with E-state index in [2.05, 4.69) is 34.3 Å². The summed E-state index contributed by atoms with van der Waals surface area (Å²) in [5.74, 6) is 1.74. The molecular formula is C17H24N4OS. The third-order valence-electron chi connectivity index (χ3n) is 3.43. The molecule has 5 nitrogen and oxygen atoms in total. The summed E-state index contributed by atoms with van der Waals surface area (Å²) < 4.78 is 0. The van der Waals surface area contributed by atoms with E-state index in [0.717, 1.165) is 24.2 Å². The monoisotopic (exact) mass is 332 g/mol. The molecule has 0 saturated heterocycles. The van der Waals surface area contributed by atoms with E-state index in [-0.39, 0.29) is 11.9 Å². The molecule has 1 heterocycles. The number of benzene rings is 1. The Labute approximate surface area is 141 Å². The molecule has 0 bridgehead atoms. The Morgan fingerprint density at radius 2 is 1.96 bits per heavy atom. The van der Waals surface area contributed by atoms with Crippen molar-refractivity contribution in [1.82, 2.24) is 20.5 Å². The number of H-pyrrole nitrogens is 1. The number of carbonyl (C=O) groups excluding carboxylic acids is 1. The van der Waals surface area contributed by atoms with Gasteiger partial charge in [-0.05, 0) is 25.7 Å². The Bertz CT molecular complexity index is 612. The van der Waals surface area contributed by atoms with E-state index in [1.807, 2.05) is 37.3 Å². The average molecular weight is 332 g/mol. The van der Waals surface area contributed by atoms with Crippen molar-refractivity contribution in [1.29, 1.82) is 0 Å². The molecular weight excluding hydrogens is 308 g/mol. The number of hydrogen-bond acceptors (Lipinski definition) is 4. The number of carbonyl (C=O) groups is 1. The number of aromatic amines is 1. The van der Waals surface area contributed by atoms with E-state index in [9.17, 15) is 4.79 Å². The Morgan fingerprint density at radius 3 is 2.65 bits per heavy atom. The summed E-state index contributed by atoms with van der Waals surface area (Å²) in [6, 6.07) is 10.0. The van der Waals surface area contributed by atoms with E-state index < -0.39 is 0 Å². The molecule has 1 atom stereocenters. The van der Waals surface area contributed by atoms with Crippen LogP contribution < -0.4 is 5.32 Å². The summed E-state index contributed by atoms with van der Waals surface area (Å²) >= 11 is 1.34. The topological polar surface area (TPSA) is 70.7 Å². The standard InChI is InChI=1S/C17H24N4OS/c1-12(2)9-10-13(3)18-15(22)11-23-17-19-16(20-21-17)14-7-5-4-6-8-14/h4-8,12-13H,9-11H2,1-3H3,(H,18,22)(H,19,20,21)/t13-/m1/s1. The van der Waals surface area contributed by atoms with Crippen molar-refractivity contribution >= 4 is 17.7 Å². The van der Waals surface area contributed by atoms with Crippen LogP contribution in [0.2, 0.25) is 0 Å². The molecule has 0 saturated carbocycles. The van der Waals surface area contributed by atoms with Crippen LogP contribution >= 0.6 is 11.8 Å². The molecule has 0 fully saturated rings. The summed E-state index contributed by atoms with van der Waals surface area (Å²) in [6.45, 7) is 6.43. The summed E-state index contributed by atoms with van der Waals surface area (Å²) in [7, 11) is 0. The minimum Gasteiger partial charge on any atom is -0.353 e. The highest BCUT2D eigenvalue weighted by molar-refractivity contribution is 7.99. The van der Waals surface area contributed by atoms with Gasteiger partial charge in [0, 0.05) is 11.6 Å². The molecule has 1 aromatic heterocycles. The predicted molar refractivity (Wildman–Crippen MR) is 94.2 cm³/mol. The zero-order chi connectivity index (χ0) is 16.7. The molecule has 6 heteroatoms. The maximum atomic E-state index is 12.0. The Hall–Kier alpha value is -1.82. The third-order valence-corrected chi connectivity index (χ3v) is 4.28. The predicted octanol–water partition coefficient (Wildman–Crippen LogP) is 3.50. The molecule has 2 aromatic rings. The summed E-state index contributed by atoms with van der Waals surface area (Å²) in [5.41, 5.74) is 0.985. The minimum atomic E-state index is 0.0253. The molecule has 124 valence electrons.